The third kappa shape index (κ3) is 10.9. The summed E-state index contributed by atoms with van der Waals surface area (Å²) >= 11 is 0. The predicted octanol–water partition coefficient (Wildman–Crippen LogP) is 9.82. The van der Waals surface area contributed by atoms with Crippen molar-refractivity contribution in [3.05, 3.63) is 155 Å². The molecule has 236 valence electrons. The molecule has 0 atom stereocenters. The SMILES string of the molecule is CC.Cc1ccc(NC(=O)Nc2ccc(CN(Cc3ccccc3)Cc3ccc(NC(=O)Nc4ccc(C)cc4)cc3)cc2)cc1. The molecule has 0 radical (unpaired) electrons. The van der Waals surface area contributed by atoms with Crippen molar-refractivity contribution >= 4 is 34.8 Å². The van der Waals surface area contributed by atoms with E-state index in [2.05, 4.69) is 50.4 Å². The van der Waals surface area contributed by atoms with Gasteiger partial charge in [-0.2, -0.15) is 0 Å². The number of nitrogens with zero attached hydrogens (tertiary/aromatic N) is 1. The summed E-state index contributed by atoms with van der Waals surface area (Å²) in [5.74, 6) is 0. The lowest BCUT2D eigenvalue weighted by molar-refractivity contribution is 0.247. The summed E-state index contributed by atoms with van der Waals surface area (Å²) < 4.78 is 0. The van der Waals surface area contributed by atoms with Crippen LogP contribution in [0.2, 0.25) is 0 Å². The van der Waals surface area contributed by atoms with E-state index in [9.17, 15) is 9.59 Å². The first-order valence-corrected chi connectivity index (χ1v) is 15.6. The van der Waals surface area contributed by atoms with Crippen molar-refractivity contribution in [1.82, 2.24) is 4.90 Å². The Morgan fingerprint density at radius 2 is 0.717 bits per heavy atom. The van der Waals surface area contributed by atoms with E-state index in [-0.39, 0.29) is 12.1 Å². The van der Waals surface area contributed by atoms with Gasteiger partial charge in [0.25, 0.3) is 0 Å². The number of hydrogen-bond acceptors (Lipinski definition) is 3. The first-order chi connectivity index (χ1) is 22.4. The molecular formula is C39H43N5O2. The van der Waals surface area contributed by atoms with Crippen LogP contribution in [-0.2, 0) is 19.6 Å². The van der Waals surface area contributed by atoms with E-state index in [4.69, 9.17) is 0 Å². The van der Waals surface area contributed by atoms with Crippen LogP contribution in [0.3, 0.4) is 0 Å². The number of hydrogen-bond donors (Lipinski definition) is 4. The quantitative estimate of drug-likeness (QED) is 0.126. The van der Waals surface area contributed by atoms with Crippen LogP contribution in [0.25, 0.3) is 0 Å². The number of urea groups is 2. The van der Waals surface area contributed by atoms with Crippen molar-refractivity contribution in [3.8, 4) is 0 Å². The first-order valence-electron chi connectivity index (χ1n) is 15.6. The van der Waals surface area contributed by atoms with Crippen LogP contribution in [0.15, 0.2) is 127 Å². The topological polar surface area (TPSA) is 85.5 Å². The van der Waals surface area contributed by atoms with Crippen molar-refractivity contribution in [1.29, 1.82) is 0 Å². The highest BCUT2D eigenvalue weighted by molar-refractivity contribution is 6.00. The third-order valence-electron chi connectivity index (χ3n) is 7.10. The van der Waals surface area contributed by atoms with Gasteiger partial charge in [0.05, 0.1) is 0 Å². The smallest absolute Gasteiger partial charge is 0.308 e. The van der Waals surface area contributed by atoms with E-state index in [0.29, 0.717) is 0 Å². The number of rotatable bonds is 10. The number of carbonyl (C=O) groups excluding carboxylic acids is 2. The van der Waals surface area contributed by atoms with Gasteiger partial charge in [0.2, 0.25) is 0 Å². The minimum Gasteiger partial charge on any atom is -0.308 e. The summed E-state index contributed by atoms with van der Waals surface area (Å²) in [5.41, 5.74) is 8.72. The van der Waals surface area contributed by atoms with Crippen LogP contribution < -0.4 is 21.3 Å². The summed E-state index contributed by atoms with van der Waals surface area (Å²) in [4.78, 5) is 27.3. The molecule has 5 aromatic carbocycles. The second kappa shape index (κ2) is 17.2. The molecule has 0 aromatic heterocycles. The van der Waals surface area contributed by atoms with Crippen LogP contribution >= 0.6 is 0 Å². The highest BCUT2D eigenvalue weighted by Gasteiger charge is 2.11. The Labute approximate surface area is 272 Å². The van der Waals surface area contributed by atoms with Gasteiger partial charge in [0.15, 0.2) is 0 Å². The van der Waals surface area contributed by atoms with Gasteiger partial charge in [0, 0.05) is 42.4 Å². The standard InChI is InChI=1S/C37H37N5O2.C2H6/c1-27-8-16-32(17-9-27)38-36(43)40-34-20-12-30(13-21-34)25-42(24-29-6-4-3-5-7-29)26-31-14-22-35(23-15-31)41-37(44)39-33-18-10-28(2)11-19-33;1-2/h3-23H,24-26H2,1-2H3,(H2,38,40,43)(H2,39,41,44);1-2H3. The van der Waals surface area contributed by atoms with Gasteiger partial charge < -0.3 is 21.3 Å². The van der Waals surface area contributed by atoms with E-state index >= 15 is 0 Å². The van der Waals surface area contributed by atoms with Crippen LogP contribution in [0, 0.1) is 13.8 Å². The lowest BCUT2D eigenvalue weighted by atomic mass is 10.1. The number of carbonyl (C=O) groups is 2. The van der Waals surface area contributed by atoms with Crippen LogP contribution in [0.5, 0.6) is 0 Å². The number of aryl methyl sites for hydroxylation is 2. The molecule has 0 bridgehead atoms. The van der Waals surface area contributed by atoms with Crippen LogP contribution in [0.4, 0.5) is 32.3 Å². The first kappa shape index (κ1) is 33.5. The zero-order valence-corrected chi connectivity index (χ0v) is 27.0. The van der Waals surface area contributed by atoms with Gasteiger partial charge in [-0.3, -0.25) is 4.90 Å². The molecule has 0 saturated heterocycles. The second-order valence-corrected chi connectivity index (χ2v) is 10.9. The highest BCUT2D eigenvalue weighted by Crippen LogP contribution is 2.19. The Kier molecular flexibility index (Phi) is 12.5. The van der Waals surface area contributed by atoms with Crippen molar-refractivity contribution in [2.24, 2.45) is 0 Å². The van der Waals surface area contributed by atoms with E-state index in [1.165, 1.54) is 5.56 Å². The normalized spacial score (nSPS) is 10.4. The molecule has 0 fully saturated rings. The number of amides is 4. The Morgan fingerprint density at radius 3 is 1.04 bits per heavy atom. The maximum absolute atomic E-state index is 12.5. The zero-order chi connectivity index (χ0) is 32.7. The largest absolute Gasteiger partial charge is 0.323 e. The molecule has 46 heavy (non-hydrogen) atoms. The maximum atomic E-state index is 12.5. The minimum absolute atomic E-state index is 0.280. The van der Waals surface area contributed by atoms with Crippen LogP contribution in [0.1, 0.15) is 41.7 Å². The van der Waals surface area contributed by atoms with Gasteiger partial charge in [-0.05, 0) is 79.1 Å². The Morgan fingerprint density at radius 1 is 0.435 bits per heavy atom. The molecule has 0 aliphatic rings. The average molecular weight is 614 g/mol. The average Bonchev–Trinajstić information content (AvgIpc) is 3.06. The van der Waals surface area contributed by atoms with Crippen LogP contribution in [-0.4, -0.2) is 17.0 Å². The van der Waals surface area contributed by atoms with Gasteiger partial charge in [-0.1, -0.05) is 104 Å². The third-order valence-corrected chi connectivity index (χ3v) is 7.10. The number of benzene rings is 5. The van der Waals surface area contributed by atoms with Crippen molar-refractivity contribution in [3.63, 3.8) is 0 Å². The molecule has 0 aliphatic heterocycles. The zero-order valence-electron chi connectivity index (χ0n) is 27.0. The summed E-state index contributed by atoms with van der Waals surface area (Å²) in [6, 6.07) is 41.1. The predicted molar refractivity (Wildman–Crippen MR) is 191 cm³/mol. The van der Waals surface area contributed by atoms with E-state index in [1.54, 1.807) is 0 Å². The minimum atomic E-state index is -0.280. The summed E-state index contributed by atoms with van der Waals surface area (Å²) in [6.07, 6.45) is 0. The molecule has 0 heterocycles. The van der Waals surface area contributed by atoms with Gasteiger partial charge >= 0.3 is 12.1 Å². The number of anilines is 4. The fourth-order valence-corrected chi connectivity index (χ4v) is 4.77. The van der Waals surface area contributed by atoms with Gasteiger partial charge in [-0.15, -0.1) is 0 Å². The number of nitrogens with one attached hydrogen (secondary N) is 4. The molecule has 0 unspecified atom stereocenters. The highest BCUT2D eigenvalue weighted by atomic mass is 16.2. The summed E-state index contributed by atoms with van der Waals surface area (Å²) in [7, 11) is 0. The fraction of sp³-hybridized carbons (Fsp3) is 0.179. The Hall–Kier alpha value is -5.40. The van der Waals surface area contributed by atoms with E-state index in [1.807, 2.05) is 131 Å². The molecule has 7 heteroatoms. The molecule has 0 spiro atoms. The summed E-state index contributed by atoms with van der Waals surface area (Å²) in [5, 5.41) is 11.5. The Bertz CT molecular complexity index is 1550. The maximum Gasteiger partial charge on any atom is 0.323 e. The molecule has 7 nitrogen and oxygen atoms in total. The molecule has 0 saturated carbocycles. The lowest BCUT2D eigenvalue weighted by Gasteiger charge is -2.23. The molecule has 0 aliphatic carbocycles. The van der Waals surface area contributed by atoms with E-state index in [0.717, 1.165) is 64.6 Å². The van der Waals surface area contributed by atoms with Gasteiger partial charge in [-0.25, -0.2) is 9.59 Å². The van der Waals surface area contributed by atoms with Crippen molar-refractivity contribution in [2.45, 2.75) is 47.3 Å². The Balaban J connectivity index is 0.00000235. The van der Waals surface area contributed by atoms with E-state index < -0.39 is 0 Å². The molecule has 4 amide bonds. The van der Waals surface area contributed by atoms with Gasteiger partial charge in [0.1, 0.15) is 0 Å². The molecular weight excluding hydrogens is 570 g/mol. The molecule has 5 aromatic rings. The van der Waals surface area contributed by atoms with Crippen molar-refractivity contribution in [2.75, 3.05) is 21.3 Å². The molecule has 4 N–H and O–H groups in total. The fourth-order valence-electron chi connectivity index (χ4n) is 4.77. The second-order valence-electron chi connectivity index (χ2n) is 10.9. The molecule has 5 rings (SSSR count). The lowest BCUT2D eigenvalue weighted by Crippen LogP contribution is -2.23. The summed E-state index contributed by atoms with van der Waals surface area (Å²) in [6.45, 7) is 10.2. The van der Waals surface area contributed by atoms with Crippen molar-refractivity contribution < 1.29 is 9.59 Å². The monoisotopic (exact) mass is 613 g/mol.